The van der Waals surface area contributed by atoms with E-state index in [1.807, 2.05) is 0 Å². The van der Waals surface area contributed by atoms with Gasteiger partial charge in [-0.2, -0.15) is 0 Å². The molecule has 5 heteroatoms. The number of benzene rings is 2. The number of aliphatic hydroxyl groups excluding tert-OH is 1. The van der Waals surface area contributed by atoms with Crippen molar-refractivity contribution in [3.63, 3.8) is 0 Å². The first-order valence-electron chi connectivity index (χ1n) is 6.11. The standard InChI is InChI=1S/C15H11ClFNO2/c16-12-4-2-1-3-10(12)15(20)11-7-9(17)5-8-6-13(19)18-14(8)11/h1-5,7,15,20H,6H2,(H,18,19). The fourth-order valence-corrected chi connectivity index (χ4v) is 2.65. The van der Waals surface area contributed by atoms with Crippen LogP contribution in [0, 0.1) is 5.82 Å². The summed E-state index contributed by atoms with van der Waals surface area (Å²) in [5.41, 5.74) is 1.82. The second kappa shape index (κ2) is 4.89. The molecule has 1 aliphatic heterocycles. The van der Waals surface area contributed by atoms with Gasteiger partial charge < -0.3 is 10.4 Å². The molecule has 3 rings (SSSR count). The molecular weight excluding hydrogens is 281 g/mol. The quantitative estimate of drug-likeness (QED) is 0.893. The minimum atomic E-state index is -1.09. The van der Waals surface area contributed by atoms with Crippen molar-refractivity contribution >= 4 is 23.2 Å². The fourth-order valence-electron chi connectivity index (χ4n) is 2.41. The zero-order chi connectivity index (χ0) is 14.3. The Morgan fingerprint density at radius 3 is 2.75 bits per heavy atom. The van der Waals surface area contributed by atoms with Crippen LogP contribution in [-0.4, -0.2) is 11.0 Å². The van der Waals surface area contributed by atoms with Gasteiger partial charge in [-0.05, 0) is 23.8 Å². The average Bonchev–Trinajstić information content (AvgIpc) is 2.77. The molecule has 1 amide bonds. The van der Waals surface area contributed by atoms with E-state index in [0.717, 1.165) is 0 Å². The van der Waals surface area contributed by atoms with Crippen LogP contribution in [0.5, 0.6) is 0 Å². The molecule has 2 N–H and O–H groups in total. The molecule has 0 fully saturated rings. The van der Waals surface area contributed by atoms with Crippen LogP contribution in [0.15, 0.2) is 36.4 Å². The molecule has 0 spiro atoms. The Balaban J connectivity index is 2.12. The topological polar surface area (TPSA) is 49.3 Å². The number of hydrogen-bond donors (Lipinski definition) is 2. The van der Waals surface area contributed by atoms with Gasteiger partial charge in [-0.3, -0.25) is 4.79 Å². The lowest BCUT2D eigenvalue weighted by molar-refractivity contribution is -0.115. The van der Waals surface area contributed by atoms with Gasteiger partial charge >= 0.3 is 0 Å². The van der Waals surface area contributed by atoms with E-state index >= 15 is 0 Å². The molecule has 1 unspecified atom stereocenters. The van der Waals surface area contributed by atoms with Crippen LogP contribution in [0.2, 0.25) is 5.02 Å². The number of carbonyl (C=O) groups excluding carboxylic acids is 1. The van der Waals surface area contributed by atoms with Crippen molar-refractivity contribution in [3.05, 3.63) is 63.9 Å². The first kappa shape index (κ1) is 13.1. The van der Waals surface area contributed by atoms with Gasteiger partial charge in [0.05, 0.1) is 12.1 Å². The molecule has 0 aliphatic carbocycles. The van der Waals surface area contributed by atoms with Crippen molar-refractivity contribution < 1.29 is 14.3 Å². The van der Waals surface area contributed by atoms with Crippen LogP contribution in [0.4, 0.5) is 10.1 Å². The van der Waals surface area contributed by atoms with Crippen LogP contribution in [-0.2, 0) is 11.2 Å². The molecule has 1 aliphatic rings. The predicted octanol–water partition coefficient (Wildman–Crippen LogP) is 3.06. The lowest BCUT2D eigenvalue weighted by Gasteiger charge is -2.16. The molecule has 2 aromatic rings. The number of fused-ring (bicyclic) bond motifs is 1. The molecule has 102 valence electrons. The van der Waals surface area contributed by atoms with Crippen molar-refractivity contribution in [1.82, 2.24) is 0 Å². The normalized spacial score (nSPS) is 14.8. The molecule has 2 aromatic carbocycles. The van der Waals surface area contributed by atoms with E-state index in [2.05, 4.69) is 5.32 Å². The Morgan fingerprint density at radius 1 is 1.25 bits per heavy atom. The minimum absolute atomic E-state index is 0.120. The number of carbonyl (C=O) groups is 1. The highest BCUT2D eigenvalue weighted by Gasteiger charge is 2.26. The van der Waals surface area contributed by atoms with Gasteiger partial charge in [-0.25, -0.2) is 4.39 Å². The van der Waals surface area contributed by atoms with Gasteiger partial charge in [-0.15, -0.1) is 0 Å². The smallest absolute Gasteiger partial charge is 0.228 e. The largest absolute Gasteiger partial charge is 0.384 e. The maximum Gasteiger partial charge on any atom is 0.228 e. The first-order valence-corrected chi connectivity index (χ1v) is 6.48. The van der Waals surface area contributed by atoms with E-state index < -0.39 is 11.9 Å². The maximum atomic E-state index is 13.6. The van der Waals surface area contributed by atoms with E-state index in [9.17, 15) is 14.3 Å². The first-order chi connectivity index (χ1) is 9.56. The monoisotopic (exact) mass is 291 g/mol. The third-order valence-corrected chi connectivity index (χ3v) is 3.67. The summed E-state index contributed by atoms with van der Waals surface area (Å²) in [5, 5.41) is 13.5. The SMILES string of the molecule is O=C1Cc2cc(F)cc(C(O)c3ccccc3Cl)c2N1. The van der Waals surface area contributed by atoms with Crippen LogP contribution in [0.3, 0.4) is 0 Å². The molecule has 0 saturated heterocycles. The van der Waals surface area contributed by atoms with Crippen LogP contribution < -0.4 is 5.32 Å². The maximum absolute atomic E-state index is 13.6. The van der Waals surface area contributed by atoms with Gasteiger partial charge in [0.15, 0.2) is 0 Å². The van der Waals surface area contributed by atoms with E-state index in [1.165, 1.54) is 12.1 Å². The number of amides is 1. The average molecular weight is 292 g/mol. The number of halogens is 2. The summed E-state index contributed by atoms with van der Waals surface area (Å²) < 4.78 is 13.6. The molecule has 1 heterocycles. The van der Waals surface area contributed by atoms with Crippen LogP contribution in [0.25, 0.3) is 0 Å². The van der Waals surface area contributed by atoms with Crippen LogP contribution in [0.1, 0.15) is 22.8 Å². The molecule has 0 bridgehead atoms. The zero-order valence-electron chi connectivity index (χ0n) is 10.4. The van der Waals surface area contributed by atoms with Crippen molar-refractivity contribution in [3.8, 4) is 0 Å². The summed E-state index contributed by atoms with van der Waals surface area (Å²) in [5.74, 6) is -0.695. The highest BCUT2D eigenvalue weighted by molar-refractivity contribution is 6.31. The van der Waals surface area contributed by atoms with E-state index in [-0.39, 0.29) is 12.3 Å². The number of rotatable bonds is 2. The lowest BCUT2D eigenvalue weighted by Crippen LogP contribution is -2.08. The van der Waals surface area contributed by atoms with E-state index in [0.29, 0.717) is 27.4 Å². The Morgan fingerprint density at radius 2 is 2.00 bits per heavy atom. The minimum Gasteiger partial charge on any atom is -0.384 e. The third kappa shape index (κ3) is 2.17. The van der Waals surface area contributed by atoms with Gasteiger partial charge in [0, 0.05) is 16.1 Å². The molecule has 20 heavy (non-hydrogen) atoms. The molecule has 0 saturated carbocycles. The predicted molar refractivity (Wildman–Crippen MR) is 74.2 cm³/mol. The Kier molecular flexibility index (Phi) is 3.20. The highest BCUT2D eigenvalue weighted by atomic mass is 35.5. The van der Waals surface area contributed by atoms with Gasteiger partial charge in [0.2, 0.25) is 5.91 Å². The zero-order valence-corrected chi connectivity index (χ0v) is 11.1. The Hall–Kier alpha value is -1.91. The van der Waals surface area contributed by atoms with Gasteiger partial charge in [-0.1, -0.05) is 29.8 Å². The fraction of sp³-hybridized carbons (Fsp3) is 0.133. The third-order valence-electron chi connectivity index (χ3n) is 3.33. The number of hydrogen-bond acceptors (Lipinski definition) is 2. The summed E-state index contributed by atoms with van der Waals surface area (Å²) in [7, 11) is 0. The molecular formula is C15H11ClFNO2. The van der Waals surface area contributed by atoms with Crippen molar-refractivity contribution in [2.45, 2.75) is 12.5 Å². The van der Waals surface area contributed by atoms with Crippen LogP contribution >= 0.6 is 11.6 Å². The number of nitrogens with one attached hydrogen (secondary N) is 1. The van der Waals surface area contributed by atoms with Crippen molar-refractivity contribution in [2.75, 3.05) is 5.32 Å². The van der Waals surface area contributed by atoms with E-state index in [4.69, 9.17) is 11.6 Å². The lowest BCUT2D eigenvalue weighted by atomic mass is 9.97. The van der Waals surface area contributed by atoms with Gasteiger partial charge in [0.1, 0.15) is 11.9 Å². The second-order valence-electron chi connectivity index (χ2n) is 4.68. The molecule has 1 atom stereocenters. The highest BCUT2D eigenvalue weighted by Crippen LogP contribution is 2.37. The summed E-state index contributed by atoms with van der Waals surface area (Å²) in [4.78, 5) is 11.4. The summed E-state index contributed by atoms with van der Waals surface area (Å²) in [6.07, 6.45) is -0.971. The summed E-state index contributed by atoms with van der Waals surface area (Å²) >= 11 is 6.05. The van der Waals surface area contributed by atoms with E-state index in [1.54, 1.807) is 24.3 Å². The van der Waals surface area contributed by atoms with Crippen molar-refractivity contribution in [2.24, 2.45) is 0 Å². The Bertz CT molecular complexity index is 702. The number of anilines is 1. The van der Waals surface area contributed by atoms with Gasteiger partial charge in [0.25, 0.3) is 0 Å². The molecule has 0 radical (unpaired) electrons. The van der Waals surface area contributed by atoms with Crippen molar-refractivity contribution in [1.29, 1.82) is 0 Å². The second-order valence-corrected chi connectivity index (χ2v) is 5.09. The Labute approximate surface area is 120 Å². The summed E-state index contributed by atoms with van der Waals surface area (Å²) in [6, 6.07) is 9.33. The molecule has 0 aromatic heterocycles. The molecule has 3 nitrogen and oxygen atoms in total. The summed E-state index contributed by atoms with van der Waals surface area (Å²) in [6.45, 7) is 0. The number of aliphatic hydroxyl groups is 1.